The van der Waals surface area contributed by atoms with Gasteiger partial charge in [-0.3, -0.25) is 4.79 Å². The maximum Gasteiger partial charge on any atom is 0.196 e. The third-order valence-electron chi connectivity index (χ3n) is 2.38. The zero-order valence-electron chi connectivity index (χ0n) is 9.27. The largest absolute Gasteiger partial charge is 0.373 e. The fraction of sp³-hybridized carbons (Fsp3) is 0.0769. The van der Waals surface area contributed by atoms with Gasteiger partial charge in [-0.25, -0.2) is 4.98 Å². The summed E-state index contributed by atoms with van der Waals surface area (Å²) in [7, 11) is 1.75. The fourth-order valence-electron chi connectivity index (χ4n) is 1.57. The Kier molecular flexibility index (Phi) is 3.54. The van der Waals surface area contributed by atoms with E-state index in [-0.39, 0.29) is 5.78 Å². The van der Waals surface area contributed by atoms with Crippen LogP contribution in [0.5, 0.6) is 0 Å². The van der Waals surface area contributed by atoms with Gasteiger partial charge in [0.05, 0.1) is 5.56 Å². The molecule has 17 heavy (non-hydrogen) atoms. The van der Waals surface area contributed by atoms with Gasteiger partial charge < -0.3 is 5.32 Å². The molecule has 3 nitrogen and oxygen atoms in total. The van der Waals surface area contributed by atoms with Crippen LogP contribution in [0.25, 0.3) is 0 Å². The predicted octanol–water partition coefficient (Wildman–Crippen LogP) is 3.12. The molecule has 0 amide bonds. The van der Waals surface area contributed by atoms with Crippen LogP contribution in [-0.2, 0) is 0 Å². The molecule has 2 aromatic rings. The number of rotatable bonds is 3. The van der Waals surface area contributed by atoms with Gasteiger partial charge in [-0.2, -0.15) is 0 Å². The van der Waals surface area contributed by atoms with Crippen molar-refractivity contribution in [2.45, 2.75) is 0 Å². The van der Waals surface area contributed by atoms with Crippen LogP contribution in [0, 0.1) is 0 Å². The van der Waals surface area contributed by atoms with Crippen LogP contribution in [0.4, 0.5) is 5.82 Å². The molecule has 0 spiro atoms. The maximum atomic E-state index is 12.3. The summed E-state index contributed by atoms with van der Waals surface area (Å²) in [6, 6.07) is 10.8. The monoisotopic (exact) mass is 290 g/mol. The second kappa shape index (κ2) is 5.10. The highest BCUT2D eigenvalue weighted by Crippen LogP contribution is 2.19. The summed E-state index contributed by atoms with van der Waals surface area (Å²) in [5.41, 5.74) is 1.22. The Labute approximate surface area is 108 Å². The van der Waals surface area contributed by atoms with Crippen LogP contribution in [0.3, 0.4) is 0 Å². The number of pyridine rings is 1. The normalized spacial score (nSPS) is 10.0. The zero-order valence-corrected chi connectivity index (χ0v) is 10.9. The number of benzene rings is 1. The third-order valence-corrected chi connectivity index (χ3v) is 2.87. The van der Waals surface area contributed by atoms with Crippen molar-refractivity contribution in [1.29, 1.82) is 0 Å². The molecule has 1 aromatic carbocycles. The molecule has 0 radical (unpaired) electrons. The van der Waals surface area contributed by atoms with Gasteiger partial charge in [-0.1, -0.05) is 28.1 Å². The van der Waals surface area contributed by atoms with Gasteiger partial charge in [0, 0.05) is 23.3 Å². The predicted molar refractivity (Wildman–Crippen MR) is 71.4 cm³/mol. The van der Waals surface area contributed by atoms with E-state index in [4.69, 9.17) is 0 Å². The molecule has 0 aliphatic carbocycles. The molecule has 1 heterocycles. The lowest BCUT2D eigenvalue weighted by Gasteiger charge is -2.06. The van der Waals surface area contributed by atoms with Crippen molar-refractivity contribution in [2.75, 3.05) is 12.4 Å². The average Bonchev–Trinajstić information content (AvgIpc) is 2.38. The lowest BCUT2D eigenvalue weighted by Crippen LogP contribution is -2.06. The van der Waals surface area contributed by atoms with E-state index in [9.17, 15) is 4.79 Å². The summed E-state index contributed by atoms with van der Waals surface area (Å²) in [4.78, 5) is 16.4. The molecule has 2 rings (SSSR count). The number of halogens is 1. The van der Waals surface area contributed by atoms with Crippen molar-refractivity contribution in [3.8, 4) is 0 Å². The van der Waals surface area contributed by atoms with Crippen LogP contribution in [-0.4, -0.2) is 17.8 Å². The lowest BCUT2D eigenvalue weighted by atomic mass is 10.0. The number of anilines is 1. The first-order valence-corrected chi connectivity index (χ1v) is 5.94. The van der Waals surface area contributed by atoms with Crippen molar-refractivity contribution in [3.05, 3.63) is 58.2 Å². The first-order chi connectivity index (χ1) is 8.22. The minimum absolute atomic E-state index is 0.0382. The molecule has 0 aliphatic rings. The lowest BCUT2D eigenvalue weighted by molar-refractivity contribution is 0.103. The van der Waals surface area contributed by atoms with Gasteiger partial charge in [-0.05, 0) is 24.3 Å². The van der Waals surface area contributed by atoms with E-state index in [2.05, 4.69) is 26.2 Å². The zero-order chi connectivity index (χ0) is 12.3. The summed E-state index contributed by atoms with van der Waals surface area (Å²) >= 11 is 3.36. The van der Waals surface area contributed by atoms with E-state index in [1.165, 1.54) is 0 Å². The summed E-state index contributed by atoms with van der Waals surface area (Å²) in [6.45, 7) is 0. The Morgan fingerprint density at radius 2 is 2.12 bits per heavy atom. The van der Waals surface area contributed by atoms with E-state index in [0.29, 0.717) is 16.9 Å². The summed E-state index contributed by atoms with van der Waals surface area (Å²) in [5, 5.41) is 2.92. The molecule has 0 unspecified atom stereocenters. The van der Waals surface area contributed by atoms with Gasteiger partial charge in [-0.15, -0.1) is 0 Å². The number of aromatic nitrogens is 1. The van der Waals surface area contributed by atoms with E-state index in [1.807, 2.05) is 12.1 Å². The third kappa shape index (κ3) is 2.53. The van der Waals surface area contributed by atoms with E-state index < -0.39 is 0 Å². The van der Waals surface area contributed by atoms with E-state index in [1.54, 1.807) is 37.5 Å². The summed E-state index contributed by atoms with van der Waals surface area (Å²) < 4.78 is 0.887. The second-order valence-corrected chi connectivity index (χ2v) is 4.40. The quantitative estimate of drug-likeness (QED) is 0.883. The first-order valence-electron chi connectivity index (χ1n) is 5.15. The Balaban J connectivity index is 2.44. The Hall–Kier alpha value is -1.68. The number of hydrogen-bond donors (Lipinski definition) is 1. The van der Waals surface area contributed by atoms with Gasteiger partial charge in [0.15, 0.2) is 5.78 Å². The Morgan fingerprint density at radius 3 is 2.82 bits per heavy atom. The molecular formula is C13H11BrN2O. The minimum Gasteiger partial charge on any atom is -0.373 e. The molecule has 0 bridgehead atoms. The van der Waals surface area contributed by atoms with Crippen LogP contribution in [0.15, 0.2) is 47.1 Å². The molecule has 1 N–H and O–H groups in total. The van der Waals surface area contributed by atoms with Gasteiger partial charge in [0.1, 0.15) is 5.82 Å². The van der Waals surface area contributed by atoms with Gasteiger partial charge in [0.2, 0.25) is 0 Å². The molecule has 0 saturated carbocycles. The fourth-order valence-corrected chi connectivity index (χ4v) is 1.97. The van der Waals surface area contributed by atoms with Crippen LogP contribution in [0.1, 0.15) is 15.9 Å². The highest BCUT2D eigenvalue weighted by molar-refractivity contribution is 9.10. The Morgan fingerprint density at radius 1 is 1.29 bits per heavy atom. The van der Waals surface area contributed by atoms with Crippen molar-refractivity contribution in [1.82, 2.24) is 4.98 Å². The molecule has 1 aromatic heterocycles. The van der Waals surface area contributed by atoms with Gasteiger partial charge in [0.25, 0.3) is 0 Å². The van der Waals surface area contributed by atoms with Crippen molar-refractivity contribution in [3.63, 3.8) is 0 Å². The van der Waals surface area contributed by atoms with E-state index in [0.717, 1.165) is 4.47 Å². The van der Waals surface area contributed by atoms with Crippen molar-refractivity contribution >= 4 is 27.5 Å². The number of ketones is 1. The number of carbonyl (C=O) groups is 1. The standard InChI is InChI=1S/C13H11BrN2O/c1-15-13-11(6-3-7-16-13)12(17)9-4-2-5-10(14)8-9/h2-8H,1H3,(H,15,16). The average molecular weight is 291 g/mol. The second-order valence-electron chi connectivity index (χ2n) is 3.49. The molecule has 4 heteroatoms. The summed E-state index contributed by atoms with van der Waals surface area (Å²) in [5.74, 6) is 0.557. The molecular weight excluding hydrogens is 280 g/mol. The summed E-state index contributed by atoms with van der Waals surface area (Å²) in [6.07, 6.45) is 1.66. The van der Waals surface area contributed by atoms with E-state index >= 15 is 0 Å². The van der Waals surface area contributed by atoms with Crippen molar-refractivity contribution in [2.24, 2.45) is 0 Å². The SMILES string of the molecule is CNc1ncccc1C(=O)c1cccc(Br)c1. The van der Waals surface area contributed by atoms with Gasteiger partial charge >= 0.3 is 0 Å². The topological polar surface area (TPSA) is 42.0 Å². The maximum absolute atomic E-state index is 12.3. The first kappa shape index (κ1) is 11.8. The number of nitrogens with one attached hydrogen (secondary N) is 1. The Bertz CT molecular complexity index is 555. The molecule has 0 saturated heterocycles. The highest BCUT2D eigenvalue weighted by Gasteiger charge is 2.13. The van der Waals surface area contributed by atoms with Crippen molar-refractivity contribution < 1.29 is 4.79 Å². The highest BCUT2D eigenvalue weighted by atomic mass is 79.9. The molecule has 86 valence electrons. The minimum atomic E-state index is -0.0382. The number of hydrogen-bond acceptors (Lipinski definition) is 3. The number of carbonyl (C=O) groups excluding carboxylic acids is 1. The number of nitrogens with zero attached hydrogens (tertiary/aromatic N) is 1. The van der Waals surface area contributed by atoms with Crippen LogP contribution < -0.4 is 5.32 Å². The van der Waals surface area contributed by atoms with Crippen LogP contribution >= 0.6 is 15.9 Å². The van der Waals surface area contributed by atoms with Crippen LogP contribution in [0.2, 0.25) is 0 Å². The smallest absolute Gasteiger partial charge is 0.196 e. The molecule has 0 fully saturated rings. The molecule has 0 aliphatic heterocycles. The molecule has 0 atom stereocenters.